The first kappa shape index (κ1) is 10.6. The molecule has 0 rings (SSSR count). The lowest BCUT2D eigenvalue weighted by Gasteiger charge is -2.05. The molecule has 0 spiro atoms. The minimum absolute atomic E-state index is 0.223. The third-order valence-corrected chi connectivity index (χ3v) is 3.95. The van der Waals surface area contributed by atoms with E-state index in [2.05, 4.69) is 11.3 Å². The van der Waals surface area contributed by atoms with Gasteiger partial charge in [-0.1, -0.05) is 6.58 Å². The van der Waals surface area contributed by atoms with Gasteiger partial charge in [0.25, 0.3) is 0 Å². The van der Waals surface area contributed by atoms with Crippen molar-refractivity contribution in [2.45, 2.75) is 6.04 Å². The summed E-state index contributed by atoms with van der Waals surface area (Å²) in [5, 5.41) is 0. The first-order chi connectivity index (χ1) is 5.20. The van der Waals surface area contributed by atoms with Crippen LogP contribution < -0.4 is 0 Å². The number of hydrogen-bond acceptors (Lipinski definition) is 4. The Kier molecular flexibility index (Phi) is 6.04. The van der Waals surface area contributed by atoms with E-state index in [-0.39, 0.29) is 6.61 Å². The van der Waals surface area contributed by atoms with Crippen molar-refractivity contribution in [3.8, 4) is 0 Å². The van der Waals surface area contributed by atoms with Crippen molar-refractivity contribution in [3.05, 3.63) is 12.7 Å². The van der Waals surface area contributed by atoms with Gasteiger partial charge in [-0.2, -0.15) is 0 Å². The van der Waals surface area contributed by atoms with Gasteiger partial charge in [0.05, 0.1) is 6.61 Å². The molecule has 0 aromatic rings. The third kappa shape index (κ3) is 5.98. The lowest BCUT2D eigenvalue weighted by Crippen LogP contribution is -2.18. The third-order valence-electron chi connectivity index (χ3n) is 1.05. The van der Waals surface area contributed by atoms with Crippen LogP contribution in [0.3, 0.4) is 0 Å². The molecule has 0 aliphatic carbocycles. The Bertz CT molecular complexity index is 138. The molecule has 1 atom stereocenters. The van der Waals surface area contributed by atoms with E-state index in [1.165, 1.54) is 0 Å². The molecule has 0 radical (unpaired) electrons. The zero-order valence-electron chi connectivity index (χ0n) is 6.45. The lowest BCUT2D eigenvalue weighted by atomic mass is 10.6. The van der Waals surface area contributed by atoms with Gasteiger partial charge in [-0.15, -0.1) is 0 Å². The summed E-state index contributed by atoms with van der Waals surface area (Å²) in [6.45, 7) is 3.45. The fourth-order valence-corrected chi connectivity index (χ4v) is 1.70. The summed E-state index contributed by atoms with van der Waals surface area (Å²) in [6.07, 6.45) is 1.09. The maximum Gasteiger partial charge on any atom is 0.330 e. The molecule has 0 aromatic heterocycles. The van der Waals surface area contributed by atoms with Crippen LogP contribution in [0, 0.1) is 0 Å². The van der Waals surface area contributed by atoms with Crippen LogP contribution in [0.4, 0.5) is 0 Å². The Morgan fingerprint density at radius 1 is 1.82 bits per heavy atom. The first-order valence-electron chi connectivity index (χ1n) is 3.20. The van der Waals surface area contributed by atoms with E-state index in [0.717, 1.165) is 6.08 Å². The normalized spacial score (nSPS) is 12.5. The van der Waals surface area contributed by atoms with Gasteiger partial charge in [0.2, 0.25) is 0 Å². The van der Waals surface area contributed by atoms with Crippen LogP contribution in [0.1, 0.15) is 0 Å². The Balaban J connectivity index is 3.26. The smallest absolute Gasteiger partial charge is 0.330 e. The lowest BCUT2D eigenvalue weighted by molar-refractivity contribution is -0.137. The van der Waals surface area contributed by atoms with Gasteiger partial charge in [-0.3, -0.25) is 0 Å². The number of rotatable bonds is 5. The largest absolute Gasteiger partial charge is 0.463 e. The molecule has 4 nitrogen and oxygen atoms in total. The molecule has 0 aliphatic rings. The highest BCUT2D eigenvalue weighted by molar-refractivity contribution is 6.47. The minimum atomic E-state index is -2.00. The van der Waals surface area contributed by atoms with E-state index in [1.54, 1.807) is 0 Å². The molecule has 11 heavy (non-hydrogen) atoms. The fraction of sp³-hybridized carbons (Fsp3) is 0.400. The molecule has 0 saturated carbocycles. The predicted molar refractivity (Wildman–Crippen MR) is 46.4 cm³/mol. The summed E-state index contributed by atoms with van der Waals surface area (Å²) in [7, 11) is -1.46. The molecule has 1 N–H and O–H groups in total. The van der Waals surface area contributed by atoms with Crippen molar-refractivity contribution < 1.29 is 18.4 Å². The maximum absolute atomic E-state index is 10.4. The summed E-state index contributed by atoms with van der Waals surface area (Å²) < 4.78 is 9.40. The molecule has 1 unspecified atom stereocenters. The zero-order valence-corrected chi connectivity index (χ0v) is 9.60. The van der Waals surface area contributed by atoms with E-state index in [9.17, 15) is 4.79 Å². The Labute approximate surface area is 70.2 Å². The summed E-state index contributed by atoms with van der Waals surface area (Å²) in [5.74, 6) is -0.459. The van der Waals surface area contributed by atoms with Gasteiger partial charge in [-0.25, -0.2) is 4.79 Å². The van der Waals surface area contributed by atoms with Crippen molar-refractivity contribution in [1.29, 1.82) is 0 Å². The molecular weight excluding hydrogens is 180 g/mol. The van der Waals surface area contributed by atoms with Gasteiger partial charge < -0.3 is 13.6 Å². The minimum Gasteiger partial charge on any atom is -0.463 e. The van der Waals surface area contributed by atoms with Crippen molar-refractivity contribution in [3.63, 3.8) is 0 Å². The van der Waals surface area contributed by atoms with Crippen LogP contribution in [0.2, 0.25) is 6.04 Å². The van der Waals surface area contributed by atoms with Crippen LogP contribution >= 0.6 is 0 Å². The average molecular weight is 192 g/mol. The van der Waals surface area contributed by atoms with E-state index < -0.39 is 15.3 Å². The highest BCUT2D eigenvalue weighted by Gasteiger charge is 2.05. The molecule has 0 heterocycles. The van der Waals surface area contributed by atoms with Crippen LogP contribution in [0.25, 0.3) is 0 Å². The predicted octanol–water partition coefficient (Wildman–Crippen LogP) is -1.77. The summed E-state index contributed by atoms with van der Waals surface area (Å²) in [5.41, 5.74) is 0. The second kappa shape index (κ2) is 6.29. The molecule has 0 bridgehead atoms. The van der Waals surface area contributed by atoms with E-state index in [0.29, 0.717) is 16.5 Å². The van der Waals surface area contributed by atoms with E-state index >= 15 is 0 Å². The van der Waals surface area contributed by atoms with Crippen molar-refractivity contribution in [1.82, 2.24) is 0 Å². The molecular formula is C5H12O4Si2. The number of hydrogen-bond donors (Lipinski definition) is 1. The monoisotopic (exact) mass is 192 g/mol. The summed E-state index contributed by atoms with van der Waals surface area (Å²) >= 11 is 0. The highest BCUT2D eigenvalue weighted by Crippen LogP contribution is 1.90. The van der Waals surface area contributed by atoms with Crippen LogP contribution in [0.15, 0.2) is 12.7 Å². The van der Waals surface area contributed by atoms with Crippen molar-refractivity contribution in [2.75, 3.05) is 6.61 Å². The SMILES string of the molecule is C=CC(=O)OCC[SiH](O)O[SiH3]. The average Bonchev–Trinajstić information content (AvgIpc) is 2.04. The zero-order chi connectivity index (χ0) is 8.69. The van der Waals surface area contributed by atoms with Crippen LogP contribution in [-0.4, -0.2) is 37.1 Å². The number of carbonyl (C=O) groups is 1. The van der Waals surface area contributed by atoms with Gasteiger partial charge in [0.1, 0.15) is 10.5 Å². The van der Waals surface area contributed by atoms with E-state index in [4.69, 9.17) is 8.91 Å². The molecule has 0 aromatic carbocycles. The van der Waals surface area contributed by atoms with Crippen molar-refractivity contribution in [2.24, 2.45) is 0 Å². The maximum atomic E-state index is 10.4. The topological polar surface area (TPSA) is 55.8 Å². The van der Waals surface area contributed by atoms with Crippen molar-refractivity contribution >= 4 is 25.7 Å². The molecule has 0 saturated heterocycles. The quantitative estimate of drug-likeness (QED) is 0.318. The highest BCUT2D eigenvalue weighted by atomic mass is 28.3. The number of ether oxygens (including phenoxy) is 1. The number of carbonyl (C=O) groups excluding carboxylic acids is 1. The molecule has 0 aliphatic heterocycles. The molecule has 0 fully saturated rings. The Morgan fingerprint density at radius 2 is 2.45 bits per heavy atom. The Morgan fingerprint density at radius 3 is 2.91 bits per heavy atom. The molecule has 6 heteroatoms. The van der Waals surface area contributed by atoms with E-state index in [1.807, 2.05) is 0 Å². The van der Waals surface area contributed by atoms with Gasteiger partial charge in [0.15, 0.2) is 0 Å². The van der Waals surface area contributed by atoms with Gasteiger partial charge in [0, 0.05) is 12.1 Å². The Hall–Kier alpha value is -0.436. The summed E-state index contributed by atoms with van der Waals surface area (Å²) in [6, 6.07) is 0.448. The summed E-state index contributed by atoms with van der Waals surface area (Å²) in [4.78, 5) is 19.4. The van der Waals surface area contributed by atoms with Crippen LogP contribution in [0.5, 0.6) is 0 Å². The number of esters is 1. The van der Waals surface area contributed by atoms with Gasteiger partial charge >= 0.3 is 15.3 Å². The van der Waals surface area contributed by atoms with Gasteiger partial charge in [-0.05, 0) is 0 Å². The first-order valence-corrected chi connectivity index (χ1v) is 5.83. The molecule has 0 amide bonds. The van der Waals surface area contributed by atoms with Crippen LogP contribution in [-0.2, 0) is 13.6 Å². The standard InChI is InChI=1S/C5H12O4Si2/c1-2-5(6)8-3-4-11(7)9-10/h2,7,11H,1,3-4H2,10H3. The second-order valence-corrected chi connectivity index (χ2v) is 5.22. The second-order valence-electron chi connectivity index (χ2n) is 1.85. The fourth-order valence-electron chi connectivity index (χ4n) is 0.437. The molecule has 64 valence electrons.